The highest BCUT2D eigenvalue weighted by Gasteiger charge is 2.19. The summed E-state index contributed by atoms with van der Waals surface area (Å²) in [5.41, 5.74) is -0.00815. The zero-order valence-corrected chi connectivity index (χ0v) is 11.8. The molecule has 1 aliphatic heterocycles. The van der Waals surface area contributed by atoms with Crippen LogP contribution in [0.1, 0.15) is 18.4 Å². The van der Waals surface area contributed by atoms with Gasteiger partial charge in [-0.3, -0.25) is 9.69 Å². The number of piperidine rings is 1. The van der Waals surface area contributed by atoms with Crippen LogP contribution in [0.25, 0.3) is 0 Å². The molecular weight excluding hydrogens is 278 g/mol. The molecule has 2 N–H and O–H groups in total. The predicted molar refractivity (Wildman–Crippen MR) is 74.8 cm³/mol. The van der Waals surface area contributed by atoms with Crippen LogP contribution in [-0.2, 0) is 11.2 Å². The Labute approximate surface area is 122 Å². The van der Waals surface area contributed by atoms with Gasteiger partial charge < -0.3 is 10.4 Å². The van der Waals surface area contributed by atoms with Crippen molar-refractivity contribution in [1.29, 1.82) is 0 Å². The third-order valence-electron chi connectivity index (χ3n) is 3.61. The van der Waals surface area contributed by atoms with E-state index >= 15 is 0 Å². The lowest BCUT2D eigenvalue weighted by Crippen LogP contribution is -2.44. The summed E-state index contributed by atoms with van der Waals surface area (Å²) >= 11 is 0. The summed E-state index contributed by atoms with van der Waals surface area (Å²) in [7, 11) is 0. The Morgan fingerprint density at radius 3 is 2.76 bits per heavy atom. The number of amides is 1. The van der Waals surface area contributed by atoms with Gasteiger partial charge in [-0.1, -0.05) is 6.07 Å². The zero-order valence-electron chi connectivity index (χ0n) is 11.8. The van der Waals surface area contributed by atoms with E-state index in [-0.39, 0.29) is 37.1 Å². The molecule has 2 rings (SSSR count). The van der Waals surface area contributed by atoms with Crippen molar-refractivity contribution >= 4 is 5.91 Å². The number of nitrogens with one attached hydrogen (secondary N) is 1. The van der Waals surface area contributed by atoms with E-state index in [2.05, 4.69) is 5.32 Å². The first-order chi connectivity index (χ1) is 10.1. The van der Waals surface area contributed by atoms with E-state index in [0.717, 1.165) is 19.4 Å². The summed E-state index contributed by atoms with van der Waals surface area (Å²) in [6.45, 7) is 1.67. The van der Waals surface area contributed by atoms with Crippen molar-refractivity contribution in [2.75, 3.05) is 26.2 Å². The molecule has 0 saturated carbocycles. The average Bonchev–Trinajstić information content (AvgIpc) is 2.42. The van der Waals surface area contributed by atoms with Crippen LogP contribution in [0, 0.1) is 11.6 Å². The molecule has 1 atom stereocenters. The van der Waals surface area contributed by atoms with E-state index in [1.165, 1.54) is 18.2 Å². The molecule has 1 amide bonds. The number of hydrogen-bond donors (Lipinski definition) is 2. The van der Waals surface area contributed by atoms with Gasteiger partial charge in [0.2, 0.25) is 5.91 Å². The van der Waals surface area contributed by atoms with E-state index in [1.54, 1.807) is 0 Å². The number of halogens is 2. The molecule has 1 fully saturated rings. The highest BCUT2D eigenvalue weighted by atomic mass is 19.1. The fraction of sp³-hybridized carbons (Fsp3) is 0.533. The minimum absolute atomic E-state index is 0.00815. The van der Waals surface area contributed by atoms with Crippen LogP contribution in [0.5, 0.6) is 0 Å². The second kappa shape index (κ2) is 7.47. The summed E-state index contributed by atoms with van der Waals surface area (Å²) in [5, 5.41) is 12.2. The van der Waals surface area contributed by atoms with Gasteiger partial charge in [0.1, 0.15) is 11.6 Å². The Morgan fingerprint density at radius 1 is 1.38 bits per heavy atom. The molecule has 1 aromatic carbocycles. The maximum absolute atomic E-state index is 13.4. The number of carbonyl (C=O) groups is 1. The lowest BCUT2D eigenvalue weighted by molar-refractivity contribution is -0.122. The Kier molecular flexibility index (Phi) is 5.64. The summed E-state index contributed by atoms with van der Waals surface area (Å²) < 4.78 is 26.8. The van der Waals surface area contributed by atoms with Gasteiger partial charge in [0, 0.05) is 18.7 Å². The number of carbonyl (C=O) groups excluding carboxylic acids is 1. The molecule has 0 radical (unpaired) electrons. The maximum Gasteiger partial charge on any atom is 0.234 e. The number of aliphatic hydroxyl groups excluding tert-OH is 1. The van der Waals surface area contributed by atoms with Crippen LogP contribution in [-0.4, -0.2) is 48.2 Å². The molecule has 116 valence electrons. The van der Waals surface area contributed by atoms with Crippen LogP contribution in [0.4, 0.5) is 8.78 Å². The van der Waals surface area contributed by atoms with Crippen molar-refractivity contribution < 1.29 is 18.7 Å². The summed E-state index contributed by atoms with van der Waals surface area (Å²) in [5.74, 6) is -1.38. The molecule has 1 saturated heterocycles. The van der Waals surface area contributed by atoms with Crippen molar-refractivity contribution in [3.05, 3.63) is 35.4 Å². The largest absolute Gasteiger partial charge is 0.392 e. The number of nitrogens with zero attached hydrogens (tertiary/aromatic N) is 1. The molecular formula is C15H20F2N2O2. The quantitative estimate of drug-likeness (QED) is 0.855. The predicted octanol–water partition coefficient (Wildman–Crippen LogP) is 1.08. The molecule has 1 unspecified atom stereocenters. The Hall–Kier alpha value is -1.53. The topological polar surface area (TPSA) is 52.6 Å². The summed E-state index contributed by atoms with van der Waals surface area (Å²) in [4.78, 5) is 13.6. The fourth-order valence-electron chi connectivity index (χ4n) is 2.53. The van der Waals surface area contributed by atoms with Gasteiger partial charge >= 0.3 is 0 Å². The molecule has 0 spiro atoms. The number of benzene rings is 1. The van der Waals surface area contributed by atoms with Crippen LogP contribution in [0.3, 0.4) is 0 Å². The molecule has 4 nitrogen and oxygen atoms in total. The lowest BCUT2D eigenvalue weighted by atomic mass is 10.1. The van der Waals surface area contributed by atoms with Gasteiger partial charge in [0.15, 0.2) is 0 Å². The number of likely N-dealkylation sites (tertiary alicyclic amines) is 1. The van der Waals surface area contributed by atoms with Crippen LogP contribution in [0.15, 0.2) is 18.2 Å². The molecule has 1 aromatic rings. The van der Waals surface area contributed by atoms with Crippen molar-refractivity contribution in [3.8, 4) is 0 Å². The van der Waals surface area contributed by atoms with E-state index < -0.39 is 11.6 Å². The van der Waals surface area contributed by atoms with Gasteiger partial charge in [-0.15, -0.1) is 0 Å². The first kappa shape index (κ1) is 15.9. The van der Waals surface area contributed by atoms with Gasteiger partial charge in [0.05, 0.1) is 12.6 Å². The van der Waals surface area contributed by atoms with Crippen molar-refractivity contribution in [1.82, 2.24) is 10.2 Å². The van der Waals surface area contributed by atoms with Gasteiger partial charge in [-0.2, -0.15) is 0 Å². The van der Waals surface area contributed by atoms with Crippen molar-refractivity contribution in [2.24, 2.45) is 0 Å². The fourth-order valence-corrected chi connectivity index (χ4v) is 2.53. The van der Waals surface area contributed by atoms with E-state index in [1.807, 2.05) is 4.90 Å². The highest BCUT2D eigenvalue weighted by molar-refractivity contribution is 5.78. The van der Waals surface area contributed by atoms with E-state index in [4.69, 9.17) is 0 Å². The Balaban J connectivity index is 1.74. The number of aliphatic hydroxyl groups is 1. The highest BCUT2D eigenvalue weighted by Crippen LogP contribution is 2.12. The zero-order chi connectivity index (χ0) is 15.2. The number of rotatable bonds is 5. The standard InChI is InChI=1S/C15H20F2N2O2/c16-13-4-1-5-14(17)12(13)6-7-18-15(21)10-19-8-2-3-11(20)9-19/h1,4-5,11,20H,2-3,6-10H2,(H,18,21). The Morgan fingerprint density at radius 2 is 2.10 bits per heavy atom. The molecule has 1 heterocycles. The third-order valence-corrected chi connectivity index (χ3v) is 3.61. The van der Waals surface area contributed by atoms with Crippen LogP contribution in [0.2, 0.25) is 0 Å². The van der Waals surface area contributed by atoms with E-state index in [9.17, 15) is 18.7 Å². The number of hydrogen-bond acceptors (Lipinski definition) is 3. The monoisotopic (exact) mass is 298 g/mol. The minimum Gasteiger partial charge on any atom is -0.392 e. The molecule has 0 aromatic heterocycles. The second-order valence-electron chi connectivity index (χ2n) is 5.33. The minimum atomic E-state index is -0.594. The maximum atomic E-state index is 13.4. The summed E-state index contributed by atoms with van der Waals surface area (Å²) in [6.07, 6.45) is 1.38. The molecule has 0 aliphatic carbocycles. The molecule has 6 heteroatoms. The lowest BCUT2D eigenvalue weighted by Gasteiger charge is -2.29. The summed E-state index contributed by atoms with van der Waals surface area (Å²) in [6, 6.07) is 3.72. The van der Waals surface area contributed by atoms with Crippen molar-refractivity contribution in [3.63, 3.8) is 0 Å². The molecule has 1 aliphatic rings. The average molecular weight is 298 g/mol. The SMILES string of the molecule is O=C(CN1CCCC(O)C1)NCCc1c(F)cccc1F. The smallest absolute Gasteiger partial charge is 0.234 e. The van der Waals surface area contributed by atoms with Crippen LogP contribution >= 0.6 is 0 Å². The Bertz CT molecular complexity index is 476. The molecule has 21 heavy (non-hydrogen) atoms. The van der Waals surface area contributed by atoms with Crippen LogP contribution < -0.4 is 5.32 Å². The first-order valence-corrected chi connectivity index (χ1v) is 7.16. The van der Waals surface area contributed by atoms with Gasteiger partial charge in [-0.05, 0) is 37.9 Å². The third kappa shape index (κ3) is 4.75. The van der Waals surface area contributed by atoms with E-state index in [0.29, 0.717) is 6.54 Å². The molecule has 0 bridgehead atoms. The number of β-amino-alcohol motifs (C(OH)–C–C–N with tert-alkyl or cyclic N) is 1. The van der Waals surface area contributed by atoms with Crippen molar-refractivity contribution in [2.45, 2.75) is 25.4 Å². The first-order valence-electron chi connectivity index (χ1n) is 7.16. The normalized spacial score (nSPS) is 19.5. The van der Waals surface area contributed by atoms with Gasteiger partial charge in [-0.25, -0.2) is 8.78 Å². The second-order valence-corrected chi connectivity index (χ2v) is 5.33. The van der Waals surface area contributed by atoms with Gasteiger partial charge in [0.25, 0.3) is 0 Å².